The minimum Gasteiger partial charge on any atom is -0.497 e. The first kappa shape index (κ1) is 33.5. The topological polar surface area (TPSA) is 131 Å². The molecule has 10 heteroatoms. The Balaban J connectivity index is 1.08. The third-order valence-corrected chi connectivity index (χ3v) is 7.26. The maximum atomic E-state index is 12.1. The van der Waals surface area contributed by atoms with Gasteiger partial charge in [0.25, 0.3) is 0 Å². The van der Waals surface area contributed by atoms with Gasteiger partial charge in [-0.15, -0.1) is 0 Å². The van der Waals surface area contributed by atoms with Crippen LogP contribution in [0.2, 0.25) is 0 Å². The van der Waals surface area contributed by atoms with Crippen LogP contribution in [0.3, 0.4) is 0 Å². The molecule has 240 valence electrons. The molecule has 0 spiro atoms. The molecule has 0 aliphatic rings. The van der Waals surface area contributed by atoms with Gasteiger partial charge in [-0.1, -0.05) is 61.4 Å². The number of aromatic amines is 1. The zero-order chi connectivity index (χ0) is 31.7. The van der Waals surface area contributed by atoms with Crippen LogP contribution in [0, 0.1) is 0 Å². The van der Waals surface area contributed by atoms with Crippen LogP contribution in [-0.4, -0.2) is 56.1 Å². The quantitative estimate of drug-likeness (QED) is 0.105. The van der Waals surface area contributed by atoms with Crippen LogP contribution < -0.4 is 25.7 Å². The van der Waals surface area contributed by atoms with Crippen LogP contribution >= 0.6 is 0 Å². The molecule has 0 aliphatic heterocycles. The number of pyridine rings is 1. The second kappa shape index (κ2) is 18.4. The molecule has 1 atom stereocenters. The van der Waals surface area contributed by atoms with E-state index < -0.39 is 12.2 Å². The van der Waals surface area contributed by atoms with Crippen molar-refractivity contribution in [3.8, 4) is 11.5 Å². The van der Waals surface area contributed by atoms with E-state index in [0.717, 1.165) is 60.1 Å². The number of hydrogen-bond donors (Lipinski definition) is 4. The summed E-state index contributed by atoms with van der Waals surface area (Å²) in [7, 11) is 1.62. The molecule has 1 unspecified atom stereocenters. The molecular weight excluding hydrogens is 574 g/mol. The van der Waals surface area contributed by atoms with Crippen LogP contribution in [0.1, 0.15) is 48.5 Å². The van der Waals surface area contributed by atoms with Crippen LogP contribution in [0.4, 0.5) is 4.79 Å². The molecule has 0 bridgehead atoms. The minimum atomic E-state index is -0.744. The van der Waals surface area contributed by atoms with Crippen molar-refractivity contribution in [2.75, 3.05) is 40.0 Å². The lowest BCUT2D eigenvalue weighted by Gasteiger charge is -2.17. The minimum absolute atomic E-state index is 0.233. The number of H-pyrrole nitrogens is 1. The van der Waals surface area contributed by atoms with Gasteiger partial charge in [0.15, 0.2) is 0 Å². The summed E-state index contributed by atoms with van der Waals surface area (Å²) < 4.78 is 22.0. The van der Waals surface area contributed by atoms with Crippen molar-refractivity contribution in [1.82, 2.24) is 15.6 Å². The highest BCUT2D eigenvalue weighted by Gasteiger charge is 2.15. The first-order valence-corrected chi connectivity index (χ1v) is 15.4. The van der Waals surface area contributed by atoms with Gasteiger partial charge in [0.05, 0.1) is 25.3 Å². The van der Waals surface area contributed by atoms with Crippen molar-refractivity contribution in [3.05, 3.63) is 106 Å². The molecule has 45 heavy (non-hydrogen) atoms. The van der Waals surface area contributed by atoms with E-state index in [0.29, 0.717) is 44.2 Å². The summed E-state index contributed by atoms with van der Waals surface area (Å²) in [5.41, 5.74) is 2.97. The van der Waals surface area contributed by atoms with Gasteiger partial charge in [0.2, 0.25) is 5.56 Å². The van der Waals surface area contributed by atoms with Gasteiger partial charge in [-0.3, -0.25) is 4.79 Å². The van der Waals surface area contributed by atoms with E-state index in [1.165, 1.54) is 6.07 Å². The lowest BCUT2D eigenvalue weighted by molar-refractivity contribution is 0.117. The standard InChI is InChI=1S/C35H43N3O7/c1-42-28-13-11-27(12-14-28)24-44-32-17-15-29(30-16-18-33(40)38-34(30)32)31(39)23-36-19-7-2-3-8-21-43-22-20-37-35(41)45-25-26-9-5-4-6-10-26/h4-6,9-18,31,36,39H,2-3,7-8,19-25H2,1H3,(H,37,41)(H,38,40). The van der Waals surface area contributed by atoms with Crippen molar-refractivity contribution >= 4 is 17.0 Å². The number of carbonyl (C=O) groups is 1. The molecule has 10 nitrogen and oxygen atoms in total. The Labute approximate surface area is 263 Å². The molecule has 1 heterocycles. The number of benzene rings is 3. The van der Waals surface area contributed by atoms with E-state index in [2.05, 4.69) is 15.6 Å². The summed E-state index contributed by atoms with van der Waals surface area (Å²) in [4.78, 5) is 26.7. The van der Waals surface area contributed by atoms with Gasteiger partial charge >= 0.3 is 6.09 Å². The number of unbranched alkanes of at least 4 members (excludes halogenated alkanes) is 3. The Morgan fingerprint density at radius 3 is 2.42 bits per heavy atom. The molecule has 0 radical (unpaired) electrons. The summed E-state index contributed by atoms with van der Waals surface area (Å²) in [5.74, 6) is 1.32. The molecule has 4 rings (SSSR count). The summed E-state index contributed by atoms with van der Waals surface area (Å²) in [6.07, 6.45) is 2.81. The first-order chi connectivity index (χ1) is 22.0. The number of ether oxygens (including phenoxy) is 4. The van der Waals surface area contributed by atoms with Gasteiger partial charge in [0.1, 0.15) is 24.7 Å². The van der Waals surface area contributed by atoms with Crippen molar-refractivity contribution < 1.29 is 28.8 Å². The third kappa shape index (κ3) is 11.2. The zero-order valence-corrected chi connectivity index (χ0v) is 25.8. The molecule has 1 aromatic heterocycles. The Morgan fingerprint density at radius 1 is 0.844 bits per heavy atom. The normalized spacial score (nSPS) is 11.7. The molecule has 4 aromatic rings. The predicted molar refractivity (Wildman–Crippen MR) is 174 cm³/mol. The SMILES string of the molecule is COc1ccc(COc2ccc(C(O)CNCCCCCCOCCNC(=O)OCc3ccccc3)c3ccc(=O)[nH]c23)cc1. The summed E-state index contributed by atoms with van der Waals surface area (Å²) in [5, 5.41) is 17.7. The van der Waals surface area contributed by atoms with E-state index in [1.54, 1.807) is 19.2 Å². The van der Waals surface area contributed by atoms with E-state index in [9.17, 15) is 14.7 Å². The molecule has 0 fully saturated rings. The van der Waals surface area contributed by atoms with Crippen LogP contribution in [0.5, 0.6) is 11.5 Å². The van der Waals surface area contributed by atoms with Crippen molar-refractivity contribution in [2.45, 2.75) is 45.0 Å². The molecule has 0 saturated carbocycles. The van der Waals surface area contributed by atoms with E-state index in [4.69, 9.17) is 18.9 Å². The Bertz CT molecular complexity index is 1510. The average molecular weight is 618 g/mol. The highest BCUT2D eigenvalue weighted by atomic mass is 16.5. The molecule has 4 N–H and O–H groups in total. The Kier molecular flexibility index (Phi) is 13.7. The summed E-state index contributed by atoms with van der Waals surface area (Å²) in [6, 6.07) is 24.0. The molecule has 0 saturated heterocycles. The van der Waals surface area contributed by atoms with Gasteiger partial charge in [-0.25, -0.2) is 4.79 Å². The number of aliphatic hydroxyl groups excluding tert-OH is 1. The number of aliphatic hydroxyl groups is 1. The fourth-order valence-corrected chi connectivity index (χ4v) is 4.80. The van der Waals surface area contributed by atoms with E-state index >= 15 is 0 Å². The number of methoxy groups -OCH3 is 1. The van der Waals surface area contributed by atoms with Gasteiger partial charge < -0.3 is 39.7 Å². The first-order valence-electron chi connectivity index (χ1n) is 15.4. The number of amides is 1. The average Bonchev–Trinajstić information content (AvgIpc) is 3.07. The fourth-order valence-electron chi connectivity index (χ4n) is 4.80. The number of alkyl carbamates (subject to hydrolysis) is 1. The second-order valence-corrected chi connectivity index (χ2v) is 10.6. The highest BCUT2D eigenvalue weighted by molar-refractivity contribution is 5.87. The molecule has 0 aliphatic carbocycles. The van der Waals surface area contributed by atoms with Gasteiger partial charge in [0, 0.05) is 31.1 Å². The number of hydrogen-bond acceptors (Lipinski definition) is 8. The number of nitrogens with one attached hydrogen (secondary N) is 3. The van der Waals surface area contributed by atoms with E-state index in [1.807, 2.05) is 60.7 Å². The highest BCUT2D eigenvalue weighted by Crippen LogP contribution is 2.30. The van der Waals surface area contributed by atoms with Crippen LogP contribution in [0.15, 0.2) is 83.7 Å². The Morgan fingerprint density at radius 2 is 1.62 bits per heavy atom. The van der Waals surface area contributed by atoms with Gasteiger partial charge in [-0.2, -0.15) is 0 Å². The van der Waals surface area contributed by atoms with Crippen molar-refractivity contribution in [2.24, 2.45) is 0 Å². The molecular formula is C35H43N3O7. The Hall–Kier alpha value is -4.38. The lowest BCUT2D eigenvalue weighted by atomic mass is 10.0. The number of fused-ring (bicyclic) bond motifs is 1. The predicted octanol–water partition coefficient (Wildman–Crippen LogP) is 5.24. The largest absolute Gasteiger partial charge is 0.497 e. The number of rotatable bonds is 19. The number of carbonyl (C=O) groups excluding carboxylic acids is 1. The van der Waals surface area contributed by atoms with Crippen LogP contribution in [0.25, 0.3) is 10.9 Å². The van der Waals surface area contributed by atoms with Crippen molar-refractivity contribution in [3.63, 3.8) is 0 Å². The third-order valence-electron chi connectivity index (χ3n) is 7.26. The lowest BCUT2D eigenvalue weighted by Crippen LogP contribution is -2.27. The van der Waals surface area contributed by atoms with Gasteiger partial charge in [-0.05, 0) is 60.3 Å². The maximum absolute atomic E-state index is 12.1. The summed E-state index contributed by atoms with van der Waals surface area (Å²) >= 11 is 0. The fraction of sp³-hybridized carbons (Fsp3) is 0.371. The second-order valence-electron chi connectivity index (χ2n) is 10.6. The molecule has 1 amide bonds. The zero-order valence-electron chi connectivity index (χ0n) is 25.8. The van der Waals surface area contributed by atoms with Crippen molar-refractivity contribution in [1.29, 1.82) is 0 Å². The van der Waals surface area contributed by atoms with Crippen LogP contribution in [-0.2, 0) is 22.7 Å². The smallest absolute Gasteiger partial charge is 0.407 e. The molecule has 3 aromatic carbocycles. The van der Waals surface area contributed by atoms with E-state index in [-0.39, 0.29) is 12.2 Å². The maximum Gasteiger partial charge on any atom is 0.407 e. The monoisotopic (exact) mass is 617 g/mol. The summed E-state index contributed by atoms with van der Waals surface area (Å²) in [6.45, 7) is 3.24. The number of aromatic nitrogens is 1.